The Bertz CT molecular complexity index is 743. The number of nitrogens with one attached hydrogen (secondary N) is 2. The summed E-state index contributed by atoms with van der Waals surface area (Å²) in [6.45, 7) is 2.71. The third-order valence-corrected chi connectivity index (χ3v) is 3.77. The van der Waals surface area contributed by atoms with Crippen molar-refractivity contribution in [3.05, 3.63) is 54.1 Å². The van der Waals surface area contributed by atoms with Crippen LogP contribution in [0.25, 0.3) is 0 Å². The third-order valence-electron chi connectivity index (χ3n) is 3.77. The van der Waals surface area contributed by atoms with E-state index in [4.69, 9.17) is 0 Å². The summed E-state index contributed by atoms with van der Waals surface area (Å²) in [4.78, 5) is 25.6. The van der Waals surface area contributed by atoms with Gasteiger partial charge in [-0.1, -0.05) is 18.2 Å². The highest BCUT2D eigenvalue weighted by molar-refractivity contribution is 6.01. The fourth-order valence-electron chi connectivity index (χ4n) is 2.69. The van der Waals surface area contributed by atoms with E-state index in [2.05, 4.69) is 10.6 Å². The molecule has 2 N–H and O–H groups in total. The number of urea groups is 1. The van der Waals surface area contributed by atoms with Gasteiger partial charge in [-0.25, -0.2) is 4.79 Å². The number of aryl methyl sites for hydroxylation is 1. The maximum atomic E-state index is 12.1. The van der Waals surface area contributed by atoms with Crippen LogP contribution in [0.3, 0.4) is 0 Å². The van der Waals surface area contributed by atoms with Gasteiger partial charge in [0, 0.05) is 30.0 Å². The van der Waals surface area contributed by atoms with Crippen LogP contribution in [0.15, 0.2) is 48.5 Å². The van der Waals surface area contributed by atoms with Crippen LogP contribution in [-0.2, 0) is 4.79 Å². The third kappa shape index (κ3) is 3.69. The first-order chi connectivity index (χ1) is 11.1. The predicted molar refractivity (Wildman–Crippen MR) is 91.8 cm³/mol. The lowest BCUT2D eigenvalue weighted by molar-refractivity contribution is -0.117. The first kappa shape index (κ1) is 15.1. The standard InChI is InChI=1S/C18H19N3O2/c1-13-5-2-6-14(11-13)19-18(23)20-15-7-3-8-16(12-15)21-10-4-9-17(21)22/h2-3,5-8,11-12H,4,9-10H2,1H3,(H2,19,20,23). The van der Waals surface area contributed by atoms with Crippen LogP contribution in [0.4, 0.5) is 21.9 Å². The lowest BCUT2D eigenvalue weighted by Crippen LogP contribution is -2.24. The van der Waals surface area contributed by atoms with Crippen LogP contribution in [0.5, 0.6) is 0 Å². The Morgan fingerprint density at radius 3 is 2.39 bits per heavy atom. The number of nitrogens with zero attached hydrogens (tertiary/aromatic N) is 1. The van der Waals surface area contributed by atoms with Crippen molar-refractivity contribution in [2.45, 2.75) is 19.8 Å². The largest absolute Gasteiger partial charge is 0.323 e. The molecule has 1 aliphatic rings. The molecule has 0 spiro atoms. The number of carbonyl (C=O) groups is 2. The van der Waals surface area contributed by atoms with Gasteiger partial charge in [0.15, 0.2) is 0 Å². The summed E-state index contributed by atoms with van der Waals surface area (Å²) in [7, 11) is 0. The van der Waals surface area contributed by atoms with E-state index in [0.29, 0.717) is 12.1 Å². The van der Waals surface area contributed by atoms with E-state index in [1.54, 1.807) is 11.0 Å². The fourth-order valence-corrected chi connectivity index (χ4v) is 2.69. The van der Waals surface area contributed by atoms with Crippen molar-refractivity contribution in [3.8, 4) is 0 Å². The summed E-state index contributed by atoms with van der Waals surface area (Å²) in [6, 6.07) is 14.6. The fraction of sp³-hybridized carbons (Fsp3) is 0.222. The van der Waals surface area contributed by atoms with Crippen LogP contribution in [0.1, 0.15) is 18.4 Å². The first-order valence-corrected chi connectivity index (χ1v) is 7.67. The molecular weight excluding hydrogens is 290 g/mol. The molecule has 0 aromatic heterocycles. The highest BCUT2D eigenvalue weighted by Crippen LogP contribution is 2.24. The molecule has 0 bridgehead atoms. The van der Waals surface area contributed by atoms with Crippen molar-refractivity contribution in [3.63, 3.8) is 0 Å². The monoisotopic (exact) mass is 309 g/mol. The average Bonchev–Trinajstić information content (AvgIpc) is 2.93. The summed E-state index contributed by atoms with van der Waals surface area (Å²) in [5.41, 5.74) is 3.30. The number of hydrogen-bond donors (Lipinski definition) is 2. The molecule has 3 amide bonds. The number of rotatable bonds is 3. The molecule has 0 radical (unpaired) electrons. The molecule has 5 heteroatoms. The van der Waals surface area contributed by atoms with Gasteiger partial charge in [0.2, 0.25) is 5.91 Å². The average molecular weight is 309 g/mol. The maximum Gasteiger partial charge on any atom is 0.323 e. The topological polar surface area (TPSA) is 61.4 Å². The smallest absolute Gasteiger partial charge is 0.312 e. The van der Waals surface area contributed by atoms with Crippen molar-refractivity contribution < 1.29 is 9.59 Å². The molecule has 2 aromatic carbocycles. The van der Waals surface area contributed by atoms with Crippen molar-refractivity contribution in [1.82, 2.24) is 0 Å². The predicted octanol–water partition coefficient (Wildman–Crippen LogP) is 3.77. The Morgan fingerprint density at radius 1 is 1.04 bits per heavy atom. The minimum atomic E-state index is -0.305. The van der Waals surface area contributed by atoms with E-state index < -0.39 is 0 Å². The molecule has 0 aliphatic carbocycles. The second kappa shape index (κ2) is 6.52. The molecule has 1 aliphatic heterocycles. The van der Waals surface area contributed by atoms with E-state index in [1.807, 2.05) is 49.4 Å². The molecule has 1 saturated heterocycles. The Balaban J connectivity index is 1.68. The number of hydrogen-bond acceptors (Lipinski definition) is 2. The molecule has 5 nitrogen and oxygen atoms in total. The summed E-state index contributed by atoms with van der Waals surface area (Å²) >= 11 is 0. The highest BCUT2D eigenvalue weighted by atomic mass is 16.2. The zero-order valence-corrected chi connectivity index (χ0v) is 13.0. The number of carbonyl (C=O) groups excluding carboxylic acids is 2. The van der Waals surface area contributed by atoms with Crippen LogP contribution < -0.4 is 15.5 Å². The van der Waals surface area contributed by atoms with Crippen molar-refractivity contribution in [2.24, 2.45) is 0 Å². The van der Waals surface area contributed by atoms with Gasteiger partial charge in [-0.05, 0) is 49.2 Å². The van der Waals surface area contributed by atoms with Crippen LogP contribution in [0, 0.1) is 6.92 Å². The molecule has 0 saturated carbocycles. The van der Waals surface area contributed by atoms with E-state index in [-0.39, 0.29) is 11.9 Å². The molecule has 1 heterocycles. The number of anilines is 3. The molecule has 0 unspecified atom stereocenters. The zero-order chi connectivity index (χ0) is 16.2. The van der Waals surface area contributed by atoms with Crippen molar-refractivity contribution in [1.29, 1.82) is 0 Å². The lowest BCUT2D eigenvalue weighted by Gasteiger charge is -2.17. The lowest BCUT2D eigenvalue weighted by atomic mass is 10.2. The zero-order valence-electron chi connectivity index (χ0n) is 13.0. The Kier molecular flexibility index (Phi) is 4.28. The Labute approximate surface area is 135 Å². The van der Waals surface area contributed by atoms with E-state index >= 15 is 0 Å². The van der Waals surface area contributed by atoms with Gasteiger partial charge < -0.3 is 15.5 Å². The molecule has 118 valence electrons. The van der Waals surface area contributed by atoms with E-state index in [0.717, 1.165) is 29.9 Å². The Morgan fingerprint density at radius 2 is 1.74 bits per heavy atom. The number of benzene rings is 2. The molecular formula is C18H19N3O2. The summed E-state index contributed by atoms with van der Waals surface area (Å²) in [5, 5.41) is 5.60. The minimum Gasteiger partial charge on any atom is -0.312 e. The van der Waals surface area contributed by atoms with Gasteiger partial charge in [0.25, 0.3) is 0 Å². The summed E-state index contributed by atoms with van der Waals surface area (Å²) in [5.74, 6) is 0.131. The second-order valence-corrected chi connectivity index (χ2v) is 5.65. The normalized spacial score (nSPS) is 14.0. The van der Waals surface area contributed by atoms with Crippen LogP contribution >= 0.6 is 0 Å². The highest BCUT2D eigenvalue weighted by Gasteiger charge is 2.21. The van der Waals surface area contributed by atoms with Crippen LogP contribution in [0.2, 0.25) is 0 Å². The van der Waals surface area contributed by atoms with Gasteiger partial charge in [-0.2, -0.15) is 0 Å². The van der Waals surface area contributed by atoms with Gasteiger partial charge in [0.1, 0.15) is 0 Å². The SMILES string of the molecule is Cc1cccc(NC(=O)Nc2cccc(N3CCCC3=O)c2)c1. The van der Waals surface area contributed by atoms with Gasteiger partial charge >= 0.3 is 6.03 Å². The first-order valence-electron chi connectivity index (χ1n) is 7.67. The minimum absolute atomic E-state index is 0.131. The summed E-state index contributed by atoms with van der Waals surface area (Å²) < 4.78 is 0. The maximum absolute atomic E-state index is 12.1. The van der Waals surface area contributed by atoms with Gasteiger partial charge in [0.05, 0.1) is 0 Å². The molecule has 3 rings (SSSR count). The van der Waals surface area contributed by atoms with Crippen molar-refractivity contribution >= 4 is 29.0 Å². The summed E-state index contributed by atoms with van der Waals surface area (Å²) in [6.07, 6.45) is 1.47. The van der Waals surface area contributed by atoms with Gasteiger partial charge in [-0.15, -0.1) is 0 Å². The second-order valence-electron chi connectivity index (χ2n) is 5.65. The van der Waals surface area contributed by atoms with E-state index in [1.165, 1.54) is 0 Å². The molecule has 23 heavy (non-hydrogen) atoms. The van der Waals surface area contributed by atoms with Crippen molar-refractivity contribution in [2.75, 3.05) is 22.1 Å². The van der Waals surface area contributed by atoms with E-state index in [9.17, 15) is 9.59 Å². The molecule has 2 aromatic rings. The quantitative estimate of drug-likeness (QED) is 0.906. The molecule has 0 atom stereocenters. The number of amides is 3. The molecule has 1 fully saturated rings. The van der Waals surface area contributed by atoms with Crippen LogP contribution in [-0.4, -0.2) is 18.5 Å². The Hall–Kier alpha value is -2.82. The van der Waals surface area contributed by atoms with Gasteiger partial charge in [-0.3, -0.25) is 4.79 Å².